The van der Waals surface area contributed by atoms with Crippen molar-refractivity contribution < 1.29 is 19.1 Å². The summed E-state index contributed by atoms with van der Waals surface area (Å²) in [5.41, 5.74) is 0.149. The Hall–Kier alpha value is -3.06. The second-order valence-electron chi connectivity index (χ2n) is 6.31. The van der Waals surface area contributed by atoms with Gasteiger partial charge in [0.25, 0.3) is 0 Å². The topological polar surface area (TPSA) is 79.3 Å². The van der Waals surface area contributed by atoms with Gasteiger partial charge in [0.05, 0.1) is 12.1 Å². The van der Waals surface area contributed by atoms with Crippen LogP contribution in [0.4, 0.5) is 4.39 Å². The Morgan fingerprint density at radius 3 is 2.57 bits per heavy atom. The van der Waals surface area contributed by atoms with Crippen molar-refractivity contribution in [2.24, 2.45) is 0 Å². The number of benzene rings is 2. The average Bonchev–Trinajstić information content (AvgIpc) is 3.15. The first-order valence-corrected chi connectivity index (χ1v) is 9.63. The van der Waals surface area contributed by atoms with Crippen molar-refractivity contribution in [1.29, 1.82) is 0 Å². The average molecular weight is 398 g/mol. The lowest BCUT2D eigenvalue weighted by Crippen LogP contribution is -2.52. The van der Waals surface area contributed by atoms with Crippen LogP contribution in [0.3, 0.4) is 0 Å². The smallest absolute Gasteiger partial charge is 0.334 e. The van der Waals surface area contributed by atoms with Crippen molar-refractivity contribution in [3.05, 3.63) is 77.1 Å². The zero-order chi connectivity index (χ0) is 20.1. The van der Waals surface area contributed by atoms with Crippen molar-refractivity contribution >= 4 is 23.2 Å². The number of aromatic nitrogens is 1. The number of carbonyl (C=O) groups is 2. The summed E-state index contributed by atoms with van der Waals surface area (Å²) in [5.74, 6) is -1.92. The van der Waals surface area contributed by atoms with E-state index in [0.29, 0.717) is 21.8 Å². The Kier molecular flexibility index (Phi) is 5.84. The molecule has 5 nitrogen and oxygen atoms in total. The van der Waals surface area contributed by atoms with E-state index in [1.54, 1.807) is 54.8 Å². The van der Waals surface area contributed by atoms with Crippen molar-refractivity contribution in [2.75, 3.05) is 0 Å². The van der Waals surface area contributed by atoms with E-state index in [1.807, 2.05) is 0 Å². The summed E-state index contributed by atoms with van der Waals surface area (Å²) in [6.45, 7) is 1.71. The molecule has 0 aliphatic heterocycles. The maximum atomic E-state index is 13.4. The van der Waals surface area contributed by atoms with Crippen LogP contribution in [0.15, 0.2) is 60.0 Å². The van der Waals surface area contributed by atoms with Crippen LogP contribution in [-0.2, 0) is 21.5 Å². The summed E-state index contributed by atoms with van der Waals surface area (Å²) in [6.07, 6.45) is 0.136. The van der Waals surface area contributed by atoms with Crippen LogP contribution in [0, 0.1) is 5.82 Å². The van der Waals surface area contributed by atoms with Gasteiger partial charge in [-0.05, 0) is 24.1 Å². The molecule has 1 atom stereocenters. The van der Waals surface area contributed by atoms with Crippen molar-refractivity contribution in [2.45, 2.75) is 25.3 Å². The Bertz CT molecular complexity index is 990. The summed E-state index contributed by atoms with van der Waals surface area (Å²) < 4.78 is 13.4. The normalized spacial score (nSPS) is 12.9. The molecule has 28 heavy (non-hydrogen) atoms. The summed E-state index contributed by atoms with van der Waals surface area (Å²) in [5, 5.41) is 14.8. The molecular weight excluding hydrogens is 379 g/mol. The Morgan fingerprint density at radius 1 is 1.18 bits per heavy atom. The Balaban J connectivity index is 1.78. The standard InChI is InChI=1S/C21H19FN2O3S/c1-2-21(20(26)27,15-8-4-3-5-9-15)24-18(25)12-17-13-28-19(23-17)14-7-6-10-16(22)11-14/h3-11,13H,2,12H2,1H3,(H,24,25)(H,26,27). The first kappa shape index (κ1) is 19.7. The summed E-state index contributed by atoms with van der Waals surface area (Å²) in [7, 11) is 0. The van der Waals surface area contributed by atoms with E-state index < -0.39 is 17.4 Å². The molecule has 2 aromatic carbocycles. The molecule has 0 bridgehead atoms. The third-order valence-electron chi connectivity index (χ3n) is 4.48. The fraction of sp³-hybridized carbons (Fsp3) is 0.190. The van der Waals surface area contributed by atoms with E-state index in [1.165, 1.54) is 23.5 Å². The zero-order valence-electron chi connectivity index (χ0n) is 15.2. The molecule has 0 saturated heterocycles. The number of carboxylic acids is 1. The third-order valence-corrected chi connectivity index (χ3v) is 5.42. The van der Waals surface area contributed by atoms with Gasteiger partial charge in [-0.1, -0.05) is 49.4 Å². The molecule has 0 fully saturated rings. The van der Waals surface area contributed by atoms with Crippen molar-refractivity contribution in [3.63, 3.8) is 0 Å². The first-order valence-electron chi connectivity index (χ1n) is 8.75. The number of aliphatic carboxylic acids is 1. The van der Waals surface area contributed by atoms with E-state index in [9.17, 15) is 19.1 Å². The quantitative estimate of drug-likeness (QED) is 0.631. The van der Waals surface area contributed by atoms with E-state index in [0.717, 1.165) is 0 Å². The minimum Gasteiger partial charge on any atom is -0.479 e. The summed E-state index contributed by atoms with van der Waals surface area (Å²) in [4.78, 5) is 29.0. The molecule has 3 aromatic rings. The van der Waals surface area contributed by atoms with Gasteiger partial charge in [0.1, 0.15) is 10.8 Å². The predicted molar refractivity (Wildman–Crippen MR) is 105 cm³/mol. The van der Waals surface area contributed by atoms with Crippen LogP contribution >= 0.6 is 11.3 Å². The predicted octanol–water partition coefficient (Wildman–Crippen LogP) is 4.00. The SMILES string of the molecule is CCC(NC(=O)Cc1csc(-c2cccc(F)c2)n1)(C(=O)O)c1ccccc1. The maximum absolute atomic E-state index is 13.4. The minimum absolute atomic E-state index is 0.0618. The first-order chi connectivity index (χ1) is 13.4. The fourth-order valence-electron chi connectivity index (χ4n) is 3.00. The van der Waals surface area contributed by atoms with Gasteiger partial charge in [-0.2, -0.15) is 0 Å². The lowest BCUT2D eigenvalue weighted by molar-refractivity contribution is -0.148. The van der Waals surface area contributed by atoms with E-state index in [2.05, 4.69) is 10.3 Å². The molecule has 0 spiro atoms. The highest BCUT2D eigenvalue weighted by Crippen LogP contribution is 2.27. The second kappa shape index (κ2) is 8.31. The second-order valence-corrected chi connectivity index (χ2v) is 7.17. The number of rotatable bonds is 7. The van der Waals surface area contributed by atoms with E-state index in [4.69, 9.17) is 0 Å². The molecule has 0 aliphatic rings. The molecule has 0 saturated carbocycles. The molecule has 1 amide bonds. The van der Waals surface area contributed by atoms with Gasteiger partial charge < -0.3 is 10.4 Å². The molecule has 0 aliphatic carbocycles. The fourth-order valence-corrected chi connectivity index (χ4v) is 3.82. The van der Waals surface area contributed by atoms with Crippen molar-refractivity contribution in [1.82, 2.24) is 10.3 Å². The van der Waals surface area contributed by atoms with E-state index >= 15 is 0 Å². The molecular formula is C21H19FN2O3S. The molecule has 2 N–H and O–H groups in total. The Morgan fingerprint density at radius 2 is 1.93 bits per heavy atom. The molecule has 1 heterocycles. The lowest BCUT2D eigenvalue weighted by atomic mass is 9.87. The minimum atomic E-state index is -1.50. The number of amides is 1. The number of carboxylic acid groups (broad SMARTS) is 1. The van der Waals surface area contributed by atoms with Gasteiger partial charge >= 0.3 is 5.97 Å². The molecule has 1 unspecified atom stereocenters. The van der Waals surface area contributed by atoms with Gasteiger partial charge in [0.2, 0.25) is 5.91 Å². The highest BCUT2D eigenvalue weighted by Gasteiger charge is 2.40. The molecule has 144 valence electrons. The highest BCUT2D eigenvalue weighted by atomic mass is 32.1. The molecule has 1 aromatic heterocycles. The number of hydrogen-bond acceptors (Lipinski definition) is 4. The Labute approximate surface area is 165 Å². The van der Waals surface area contributed by atoms with Gasteiger partial charge in [0, 0.05) is 10.9 Å². The summed E-state index contributed by atoms with van der Waals surface area (Å²) in [6, 6.07) is 14.7. The summed E-state index contributed by atoms with van der Waals surface area (Å²) >= 11 is 1.31. The molecule has 0 radical (unpaired) electrons. The number of thiazole rings is 1. The maximum Gasteiger partial charge on any atom is 0.334 e. The highest BCUT2D eigenvalue weighted by molar-refractivity contribution is 7.13. The van der Waals surface area contributed by atoms with Crippen LogP contribution in [0.2, 0.25) is 0 Å². The molecule has 3 rings (SSSR count). The largest absolute Gasteiger partial charge is 0.479 e. The van der Waals surface area contributed by atoms with Gasteiger partial charge in [-0.3, -0.25) is 4.79 Å². The van der Waals surface area contributed by atoms with Gasteiger partial charge in [0.15, 0.2) is 5.54 Å². The number of halogens is 1. The number of nitrogens with one attached hydrogen (secondary N) is 1. The van der Waals surface area contributed by atoms with Crippen LogP contribution in [0.5, 0.6) is 0 Å². The zero-order valence-corrected chi connectivity index (χ0v) is 16.0. The van der Waals surface area contributed by atoms with Crippen LogP contribution in [0.1, 0.15) is 24.6 Å². The number of carbonyl (C=O) groups excluding carboxylic acids is 1. The monoisotopic (exact) mass is 398 g/mol. The van der Waals surface area contributed by atoms with Gasteiger partial charge in [-0.25, -0.2) is 14.2 Å². The van der Waals surface area contributed by atoms with Crippen LogP contribution in [-0.4, -0.2) is 22.0 Å². The number of nitrogens with zero attached hydrogens (tertiary/aromatic N) is 1. The lowest BCUT2D eigenvalue weighted by Gasteiger charge is -2.30. The number of hydrogen-bond donors (Lipinski definition) is 2. The van der Waals surface area contributed by atoms with Crippen LogP contribution in [0.25, 0.3) is 10.6 Å². The molecule has 7 heteroatoms. The van der Waals surface area contributed by atoms with Crippen LogP contribution < -0.4 is 5.32 Å². The van der Waals surface area contributed by atoms with E-state index in [-0.39, 0.29) is 18.7 Å². The van der Waals surface area contributed by atoms with Gasteiger partial charge in [-0.15, -0.1) is 11.3 Å². The third kappa shape index (κ3) is 4.09. The van der Waals surface area contributed by atoms with Crippen molar-refractivity contribution in [3.8, 4) is 10.6 Å².